The van der Waals surface area contributed by atoms with Gasteiger partial charge in [-0.3, -0.25) is 9.69 Å². The fraction of sp³-hybridized carbons (Fsp3) is 0.533. The van der Waals surface area contributed by atoms with Crippen LogP contribution >= 0.6 is 38.5 Å². The molecule has 5 heteroatoms. The van der Waals surface area contributed by atoms with E-state index in [4.69, 9.17) is 0 Å². The Kier molecular flexibility index (Phi) is 5.86. The fourth-order valence-electron chi connectivity index (χ4n) is 2.48. The minimum atomic E-state index is 0.139. The van der Waals surface area contributed by atoms with Crippen molar-refractivity contribution in [3.8, 4) is 0 Å². The van der Waals surface area contributed by atoms with E-state index in [1.54, 1.807) is 0 Å². The van der Waals surface area contributed by atoms with Crippen LogP contribution in [0.4, 0.5) is 0 Å². The molecule has 0 N–H and O–H groups in total. The predicted molar refractivity (Wildman–Crippen MR) is 94.0 cm³/mol. The fourth-order valence-corrected chi connectivity index (χ4v) is 3.39. The van der Waals surface area contributed by atoms with Crippen molar-refractivity contribution in [2.24, 2.45) is 5.92 Å². The highest BCUT2D eigenvalue weighted by molar-refractivity contribution is 14.1. The Morgan fingerprint density at radius 1 is 1.30 bits per heavy atom. The lowest BCUT2D eigenvalue weighted by Gasteiger charge is -2.35. The molecule has 1 aromatic rings. The number of hydrogen-bond acceptors (Lipinski definition) is 2. The van der Waals surface area contributed by atoms with E-state index >= 15 is 0 Å². The summed E-state index contributed by atoms with van der Waals surface area (Å²) in [6.07, 6.45) is 0. The summed E-state index contributed by atoms with van der Waals surface area (Å²) in [6, 6.07) is 5.90. The first-order valence-corrected chi connectivity index (χ1v) is 8.81. The molecule has 3 nitrogen and oxygen atoms in total. The van der Waals surface area contributed by atoms with Gasteiger partial charge in [0.05, 0.1) is 5.56 Å². The summed E-state index contributed by atoms with van der Waals surface area (Å²) >= 11 is 5.72. The number of rotatable bonds is 3. The van der Waals surface area contributed by atoms with Crippen LogP contribution in [0.1, 0.15) is 24.2 Å². The molecule has 0 radical (unpaired) electrons. The van der Waals surface area contributed by atoms with Gasteiger partial charge >= 0.3 is 0 Å². The average molecular weight is 451 g/mol. The number of hydrogen-bond donors (Lipinski definition) is 0. The van der Waals surface area contributed by atoms with Gasteiger partial charge in [-0.05, 0) is 62.6 Å². The highest BCUT2D eigenvalue weighted by Crippen LogP contribution is 2.21. The molecule has 2 rings (SSSR count). The number of piperazine rings is 1. The second kappa shape index (κ2) is 7.22. The van der Waals surface area contributed by atoms with Crippen LogP contribution in [-0.4, -0.2) is 48.4 Å². The summed E-state index contributed by atoms with van der Waals surface area (Å²) in [7, 11) is 0. The lowest BCUT2D eigenvalue weighted by atomic mass is 10.1. The van der Waals surface area contributed by atoms with Gasteiger partial charge < -0.3 is 4.90 Å². The molecule has 110 valence electrons. The monoisotopic (exact) mass is 450 g/mol. The summed E-state index contributed by atoms with van der Waals surface area (Å²) < 4.78 is 1.97. The van der Waals surface area contributed by atoms with E-state index in [2.05, 4.69) is 57.3 Å². The van der Waals surface area contributed by atoms with Crippen LogP contribution in [-0.2, 0) is 0 Å². The zero-order chi connectivity index (χ0) is 14.7. The minimum Gasteiger partial charge on any atom is -0.336 e. The number of amides is 1. The molecule has 1 aromatic carbocycles. The van der Waals surface area contributed by atoms with Crippen LogP contribution in [0.3, 0.4) is 0 Å². The second-order valence-corrected chi connectivity index (χ2v) is 7.71. The van der Waals surface area contributed by atoms with Crippen molar-refractivity contribution in [3.05, 3.63) is 31.8 Å². The maximum Gasteiger partial charge on any atom is 0.255 e. The Bertz CT molecular complexity index is 485. The third-order valence-electron chi connectivity index (χ3n) is 3.44. The van der Waals surface area contributed by atoms with Crippen molar-refractivity contribution in [1.82, 2.24) is 9.80 Å². The van der Waals surface area contributed by atoms with Crippen LogP contribution in [0, 0.1) is 9.49 Å². The molecule has 1 aliphatic rings. The van der Waals surface area contributed by atoms with Crippen LogP contribution in [0.5, 0.6) is 0 Å². The molecule has 1 aliphatic heterocycles. The lowest BCUT2D eigenvalue weighted by Crippen LogP contribution is -2.49. The normalized spacial score (nSPS) is 16.8. The van der Waals surface area contributed by atoms with Gasteiger partial charge in [-0.2, -0.15) is 0 Å². The largest absolute Gasteiger partial charge is 0.336 e. The molecule has 0 saturated carbocycles. The number of carbonyl (C=O) groups excluding carboxylic acids is 1. The van der Waals surface area contributed by atoms with Crippen LogP contribution in [0.15, 0.2) is 22.7 Å². The van der Waals surface area contributed by atoms with E-state index in [1.807, 2.05) is 23.1 Å². The van der Waals surface area contributed by atoms with E-state index in [9.17, 15) is 4.79 Å². The molecule has 0 aliphatic carbocycles. The smallest absolute Gasteiger partial charge is 0.255 e. The summed E-state index contributed by atoms with van der Waals surface area (Å²) in [6.45, 7) is 9.19. The zero-order valence-corrected chi connectivity index (χ0v) is 15.6. The minimum absolute atomic E-state index is 0.139. The maximum atomic E-state index is 12.6. The Morgan fingerprint density at radius 3 is 2.55 bits per heavy atom. The molecular formula is C15H20BrIN2O. The molecule has 0 atom stereocenters. The van der Waals surface area contributed by atoms with Crippen molar-refractivity contribution < 1.29 is 4.79 Å². The van der Waals surface area contributed by atoms with Gasteiger partial charge in [0, 0.05) is 40.8 Å². The molecule has 0 unspecified atom stereocenters. The second-order valence-electron chi connectivity index (χ2n) is 5.61. The molecule has 1 heterocycles. The number of halogens is 2. The SMILES string of the molecule is CC(C)CN1CCN(C(=O)c2cc(I)ccc2Br)CC1. The Hall–Kier alpha value is -0.140. The van der Waals surface area contributed by atoms with Gasteiger partial charge in [0.25, 0.3) is 5.91 Å². The number of nitrogens with zero attached hydrogens (tertiary/aromatic N) is 2. The van der Waals surface area contributed by atoms with Crippen molar-refractivity contribution in [2.45, 2.75) is 13.8 Å². The van der Waals surface area contributed by atoms with Crippen molar-refractivity contribution in [3.63, 3.8) is 0 Å². The van der Waals surface area contributed by atoms with Crippen LogP contribution in [0.2, 0.25) is 0 Å². The maximum absolute atomic E-state index is 12.6. The molecule has 1 amide bonds. The van der Waals surface area contributed by atoms with Gasteiger partial charge in [-0.15, -0.1) is 0 Å². The van der Waals surface area contributed by atoms with Crippen LogP contribution in [0.25, 0.3) is 0 Å². The van der Waals surface area contributed by atoms with Crippen molar-refractivity contribution in [2.75, 3.05) is 32.7 Å². The highest BCUT2D eigenvalue weighted by Gasteiger charge is 2.23. The Balaban J connectivity index is 2.00. The van der Waals surface area contributed by atoms with Gasteiger partial charge in [0.2, 0.25) is 0 Å². The van der Waals surface area contributed by atoms with E-state index in [-0.39, 0.29) is 5.91 Å². The molecule has 0 aromatic heterocycles. The molecular weight excluding hydrogens is 431 g/mol. The summed E-state index contributed by atoms with van der Waals surface area (Å²) in [5.74, 6) is 0.821. The summed E-state index contributed by atoms with van der Waals surface area (Å²) in [5.41, 5.74) is 0.772. The first-order chi connectivity index (χ1) is 9.47. The van der Waals surface area contributed by atoms with Gasteiger partial charge in [-0.25, -0.2) is 0 Å². The van der Waals surface area contributed by atoms with Crippen molar-refractivity contribution >= 4 is 44.4 Å². The molecule has 1 saturated heterocycles. The topological polar surface area (TPSA) is 23.6 Å². The summed E-state index contributed by atoms with van der Waals surface area (Å²) in [4.78, 5) is 17.0. The molecule has 0 bridgehead atoms. The van der Waals surface area contributed by atoms with E-state index in [0.29, 0.717) is 5.92 Å². The van der Waals surface area contributed by atoms with Crippen LogP contribution < -0.4 is 0 Å². The highest BCUT2D eigenvalue weighted by atomic mass is 127. The van der Waals surface area contributed by atoms with Gasteiger partial charge in [0.15, 0.2) is 0 Å². The molecule has 1 fully saturated rings. The molecule has 0 spiro atoms. The quantitative estimate of drug-likeness (QED) is 0.658. The predicted octanol–water partition coefficient (Wildman–Crippen LogP) is 3.47. The van der Waals surface area contributed by atoms with Crippen molar-refractivity contribution in [1.29, 1.82) is 0 Å². The summed E-state index contributed by atoms with van der Waals surface area (Å²) in [5, 5.41) is 0. The standard InChI is InChI=1S/C15H20BrIN2O/c1-11(2)10-18-5-7-19(8-6-18)15(20)13-9-12(17)3-4-14(13)16/h3-4,9,11H,5-8,10H2,1-2H3. The number of benzene rings is 1. The zero-order valence-electron chi connectivity index (χ0n) is 11.9. The third kappa shape index (κ3) is 4.18. The first kappa shape index (κ1) is 16.2. The number of carbonyl (C=O) groups is 1. The average Bonchev–Trinajstić information content (AvgIpc) is 2.41. The van der Waals surface area contributed by atoms with Gasteiger partial charge in [0.1, 0.15) is 0 Å². The van der Waals surface area contributed by atoms with Gasteiger partial charge in [-0.1, -0.05) is 13.8 Å². The first-order valence-electron chi connectivity index (χ1n) is 6.94. The van der Waals surface area contributed by atoms with E-state index in [0.717, 1.165) is 46.3 Å². The van der Waals surface area contributed by atoms with E-state index < -0.39 is 0 Å². The Labute approximate surface area is 143 Å². The lowest BCUT2D eigenvalue weighted by molar-refractivity contribution is 0.0623. The third-order valence-corrected chi connectivity index (χ3v) is 4.80. The van der Waals surface area contributed by atoms with E-state index in [1.165, 1.54) is 0 Å². The molecule has 20 heavy (non-hydrogen) atoms. The Morgan fingerprint density at radius 2 is 1.95 bits per heavy atom.